The van der Waals surface area contributed by atoms with E-state index in [1.165, 1.54) is 23.0 Å². The summed E-state index contributed by atoms with van der Waals surface area (Å²) in [4.78, 5) is 0. The zero-order valence-corrected chi connectivity index (χ0v) is 13.0. The van der Waals surface area contributed by atoms with Crippen LogP contribution in [0.1, 0.15) is 18.1 Å². The van der Waals surface area contributed by atoms with Crippen LogP contribution >= 0.6 is 11.3 Å². The second kappa shape index (κ2) is 5.95. The summed E-state index contributed by atoms with van der Waals surface area (Å²) in [5.74, 6) is 0. The van der Waals surface area contributed by atoms with E-state index in [2.05, 4.69) is 6.92 Å². The van der Waals surface area contributed by atoms with Crippen LogP contribution in [0.2, 0.25) is 0 Å². The van der Waals surface area contributed by atoms with Gasteiger partial charge in [-0.25, -0.2) is 8.42 Å². The Morgan fingerprint density at radius 3 is 2.35 bits per heavy atom. The van der Waals surface area contributed by atoms with Crippen LogP contribution in [0.4, 0.5) is 5.69 Å². The molecule has 0 aliphatic carbocycles. The molecule has 0 aliphatic rings. The van der Waals surface area contributed by atoms with Crippen LogP contribution in [0.25, 0.3) is 0 Å². The van der Waals surface area contributed by atoms with Crippen LogP contribution in [0, 0.1) is 0 Å². The number of anilines is 1. The zero-order chi connectivity index (χ0) is 14.8. The molecule has 2 aromatic rings. The van der Waals surface area contributed by atoms with Gasteiger partial charge in [0.1, 0.15) is 4.21 Å². The van der Waals surface area contributed by atoms with Crippen LogP contribution < -0.4 is 4.31 Å². The van der Waals surface area contributed by atoms with E-state index in [-0.39, 0.29) is 10.8 Å². The third-order valence-corrected chi connectivity index (χ3v) is 6.38. The fourth-order valence-corrected chi connectivity index (χ4v) is 4.35. The molecule has 2 rings (SSSR count). The van der Waals surface area contributed by atoms with Gasteiger partial charge in [0.15, 0.2) is 0 Å². The second-order valence-electron chi connectivity index (χ2n) is 4.42. The van der Waals surface area contributed by atoms with Crippen LogP contribution in [0.3, 0.4) is 0 Å². The van der Waals surface area contributed by atoms with Crippen molar-refractivity contribution in [1.29, 1.82) is 0 Å². The highest BCUT2D eigenvalue weighted by molar-refractivity contribution is 7.94. The first-order valence-electron chi connectivity index (χ1n) is 6.25. The predicted octanol–water partition coefficient (Wildman–Crippen LogP) is 2.63. The first-order chi connectivity index (χ1) is 9.48. The molecule has 1 N–H and O–H groups in total. The summed E-state index contributed by atoms with van der Waals surface area (Å²) >= 11 is 1.12. The van der Waals surface area contributed by atoms with Crippen molar-refractivity contribution in [2.75, 3.05) is 11.4 Å². The number of hydrogen-bond donors (Lipinski definition) is 1. The molecule has 0 saturated heterocycles. The number of aryl methyl sites for hydroxylation is 1. The third kappa shape index (κ3) is 2.87. The van der Waals surface area contributed by atoms with Gasteiger partial charge in [0, 0.05) is 7.05 Å². The number of rotatable bonds is 5. The van der Waals surface area contributed by atoms with Crippen LogP contribution in [-0.2, 0) is 23.1 Å². The van der Waals surface area contributed by atoms with Crippen LogP contribution in [-0.4, -0.2) is 20.6 Å². The number of thiophene rings is 1. The fourth-order valence-electron chi connectivity index (χ4n) is 1.79. The molecule has 0 spiro atoms. The lowest BCUT2D eigenvalue weighted by Crippen LogP contribution is -2.25. The number of benzene rings is 1. The normalized spacial score (nSPS) is 11.6. The van der Waals surface area contributed by atoms with Crippen molar-refractivity contribution < 1.29 is 13.5 Å². The van der Waals surface area contributed by atoms with Gasteiger partial charge in [0.25, 0.3) is 10.0 Å². The molecule has 6 heteroatoms. The first-order valence-corrected chi connectivity index (χ1v) is 8.57. The highest BCUT2D eigenvalue weighted by Crippen LogP contribution is 2.27. The molecular formula is C14H17NO3S2. The number of nitrogens with zero attached hydrogens (tertiary/aromatic N) is 1. The maximum absolute atomic E-state index is 12.5. The van der Waals surface area contributed by atoms with Gasteiger partial charge in [-0.2, -0.15) is 0 Å². The lowest BCUT2D eigenvalue weighted by molar-refractivity contribution is 0.282. The first kappa shape index (κ1) is 15.0. The van der Waals surface area contributed by atoms with Gasteiger partial charge < -0.3 is 5.11 Å². The Kier molecular flexibility index (Phi) is 4.47. The van der Waals surface area contributed by atoms with E-state index in [1.54, 1.807) is 17.5 Å². The van der Waals surface area contributed by atoms with Gasteiger partial charge in [-0.1, -0.05) is 19.1 Å². The Morgan fingerprint density at radius 1 is 1.20 bits per heavy atom. The van der Waals surface area contributed by atoms with Gasteiger partial charge in [-0.05, 0) is 41.1 Å². The summed E-state index contributed by atoms with van der Waals surface area (Å²) in [6.07, 6.45) is 0.918. The highest BCUT2D eigenvalue weighted by atomic mass is 32.2. The zero-order valence-electron chi connectivity index (χ0n) is 11.4. The summed E-state index contributed by atoms with van der Waals surface area (Å²) < 4.78 is 26.4. The summed E-state index contributed by atoms with van der Waals surface area (Å²) in [5.41, 5.74) is 2.41. The van der Waals surface area contributed by atoms with E-state index in [1.807, 2.05) is 12.1 Å². The molecule has 0 atom stereocenters. The number of aliphatic hydroxyl groups is 1. The standard InChI is InChI=1S/C14H17NO3S2/c1-3-11-4-6-13(7-5-11)15(2)20(17,18)14-8-12(9-16)10-19-14/h4-8,10,16H,3,9H2,1-2H3. The number of sulfonamides is 1. The highest BCUT2D eigenvalue weighted by Gasteiger charge is 2.23. The lowest BCUT2D eigenvalue weighted by atomic mass is 10.1. The minimum Gasteiger partial charge on any atom is -0.392 e. The van der Waals surface area contributed by atoms with E-state index < -0.39 is 10.0 Å². The molecule has 0 bridgehead atoms. The molecule has 0 fully saturated rings. The van der Waals surface area contributed by atoms with Gasteiger partial charge in [0.2, 0.25) is 0 Å². The monoisotopic (exact) mass is 311 g/mol. The summed E-state index contributed by atoms with van der Waals surface area (Å²) in [7, 11) is -2.02. The Labute approximate surface area is 123 Å². The van der Waals surface area contributed by atoms with Crippen molar-refractivity contribution >= 4 is 27.0 Å². The molecule has 1 aromatic carbocycles. The minimum atomic E-state index is -3.56. The quantitative estimate of drug-likeness (QED) is 0.923. The summed E-state index contributed by atoms with van der Waals surface area (Å²) in [6, 6.07) is 8.97. The molecule has 1 heterocycles. The largest absolute Gasteiger partial charge is 0.392 e. The number of hydrogen-bond acceptors (Lipinski definition) is 4. The molecule has 1 aromatic heterocycles. The van der Waals surface area contributed by atoms with E-state index in [0.29, 0.717) is 11.3 Å². The maximum atomic E-state index is 12.5. The molecular weight excluding hydrogens is 294 g/mol. The SMILES string of the molecule is CCc1ccc(N(C)S(=O)(=O)c2cc(CO)cs2)cc1. The van der Waals surface area contributed by atoms with E-state index >= 15 is 0 Å². The Bertz CT molecular complexity index is 675. The van der Waals surface area contributed by atoms with Crippen molar-refractivity contribution in [1.82, 2.24) is 0 Å². The van der Waals surface area contributed by atoms with Crippen molar-refractivity contribution in [3.05, 3.63) is 46.8 Å². The van der Waals surface area contributed by atoms with Crippen LogP contribution in [0.5, 0.6) is 0 Å². The van der Waals surface area contributed by atoms with Crippen molar-refractivity contribution in [2.24, 2.45) is 0 Å². The molecule has 20 heavy (non-hydrogen) atoms. The molecule has 0 aliphatic heterocycles. The van der Waals surface area contributed by atoms with Gasteiger partial charge in [-0.3, -0.25) is 4.31 Å². The lowest BCUT2D eigenvalue weighted by Gasteiger charge is -2.18. The Balaban J connectivity index is 2.32. The van der Waals surface area contributed by atoms with E-state index in [0.717, 1.165) is 17.8 Å². The average molecular weight is 311 g/mol. The molecule has 4 nitrogen and oxygen atoms in total. The van der Waals surface area contributed by atoms with E-state index in [4.69, 9.17) is 5.11 Å². The van der Waals surface area contributed by atoms with Gasteiger partial charge >= 0.3 is 0 Å². The predicted molar refractivity (Wildman–Crippen MR) is 81.7 cm³/mol. The smallest absolute Gasteiger partial charge is 0.273 e. The van der Waals surface area contributed by atoms with Crippen molar-refractivity contribution in [3.63, 3.8) is 0 Å². The Hall–Kier alpha value is -1.37. The molecule has 108 valence electrons. The third-order valence-electron chi connectivity index (χ3n) is 3.14. The summed E-state index contributed by atoms with van der Waals surface area (Å²) in [6.45, 7) is 1.90. The van der Waals surface area contributed by atoms with Gasteiger partial charge in [-0.15, -0.1) is 11.3 Å². The molecule has 0 unspecified atom stereocenters. The average Bonchev–Trinajstić information content (AvgIpc) is 2.96. The van der Waals surface area contributed by atoms with Crippen molar-refractivity contribution in [3.8, 4) is 0 Å². The maximum Gasteiger partial charge on any atom is 0.273 e. The molecule has 0 saturated carbocycles. The van der Waals surface area contributed by atoms with Crippen LogP contribution in [0.15, 0.2) is 39.9 Å². The minimum absolute atomic E-state index is 0.152. The molecule has 0 amide bonds. The molecule has 0 radical (unpaired) electrons. The fraction of sp³-hybridized carbons (Fsp3) is 0.286. The topological polar surface area (TPSA) is 57.6 Å². The summed E-state index contributed by atoms with van der Waals surface area (Å²) in [5, 5.41) is 10.7. The Morgan fingerprint density at radius 2 is 1.85 bits per heavy atom. The number of aliphatic hydroxyl groups excluding tert-OH is 1. The van der Waals surface area contributed by atoms with E-state index in [9.17, 15) is 8.42 Å². The second-order valence-corrected chi connectivity index (χ2v) is 7.53. The van der Waals surface area contributed by atoms with Gasteiger partial charge in [0.05, 0.1) is 12.3 Å². The van der Waals surface area contributed by atoms with Crippen molar-refractivity contribution in [2.45, 2.75) is 24.2 Å².